The third-order valence-corrected chi connectivity index (χ3v) is 4.09. The Labute approximate surface area is 117 Å². The molecule has 0 atom stereocenters. The Bertz CT molecular complexity index is 641. The molecule has 0 unspecified atom stereocenters. The van der Waals surface area contributed by atoms with Crippen LogP contribution in [0.3, 0.4) is 0 Å². The highest BCUT2D eigenvalue weighted by Crippen LogP contribution is 2.11. The van der Waals surface area contributed by atoms with Gasteiger partial charge in [0.15, 0.2) is 0 Å². The summed E-state index contributed by atoms with van der Waals surface area (Å²) in [5.74, 6) is 5.50. The molecule has 108 valence electrons. The van der Waals surface area contributed by atoms with Crippen LogP contribution in [0.15, 0.2) is 41.9 Å². The van der Waals surface area contributed by atoms with Gasteiger partial charge in [0, 0.05) is 37.7 Å². The number of nitrogens with zero attached hydrogens (tertiary/aromatic N) is 3. The van der Waals surface area contributed by atoms with Gasteiger partial charge in [0.05, 0.1) is 11.2 Å². The molecule has 0 amide bonds. The number of nitrogen functional groups attached to an aromatic ring is 1. The van der Waals surface area contributed by atoms with E-state index in [1.54, 1.807) is 12.5 Å². The van der Waals surface area contributed by atoms with Crippen molar-refractivity contribution in [2.75, 3.05) is 12.0 Å². The van der Waals surface area contributed by atoms with E-state index in [0.29, 0.717) is 25.3 Å². The van der Waals surface area contributed by atoms with E-state index in [9.17, 15) is 8.42 Å². The van der Waals surface area contributed by atoms with Gasteiger partial charge in [-0.05, 0) is 12.5 Å². The first-order valence-electron chi connectivity index (χ1n) is 6.00. The molecule has 2 aromatic heterocycles. The van der Waals surface area contributed by atoms with Gasteiger partial charge >= 0.3 is 0 Å². The van der Waals surface area contributed by atoms with E-state index in [0.717, 1.165) is 0 Å². The number of nitrogens with one attached hydrogen (secondary N) is 2. The summed E-state index contributed by atoms with van der Waals surface area (Å²) in [6, 6.07) is 2.79. The minimum atomic E-state index is -3.54. The number of anilines is 1. The van der Waals surface area contributed by atoms with Crippen LogP contribution in [0.25, 0.3) is 0 Å². The molecule has 0 fully saturated rings. The van der Waals surface area contributed by atoms with Gasteiger partial charge < -0.3 is 9.99 Å². The molecule has 4 N–H and O–H groups in total. The molecular weight excluding hydrogens is 280 g/mol. The van der Waals surface area contributed by atoms with Crippen molar-refractivity contribution in [2.24, 2.45) is 5.84 Å². The molecule has 2 rings (SSSR count). The number of hydrogen-bond donors (Lipinski definition) is 3. The third kappa shape index (κ3) is 3.76. The zero-order chi connectivity index (χ0) is 14.4. The first-order valence-corrected chi connectivity index (χ1v) is 7.48. The molecule has 0 bridgehead atoms. The number of aryl methyl sites for hydroxylation is 1. The second-order valence-corrected chi connectivity index (χ2v) is 5.84. The standard InChI is InChI=1S/C11H16N6O2S/c12-16-11-8-10(2-4-14-11)20(18,19)15-3-1-6-17-7-5-13-9-17/h2,4-5,7-9,15H,1,3,6,12H2,(H,14,16). The number of rotatable bonds is 7. The molecule has 0 aliphatic carbocycles. The summed E-state index contributed by atoms with van der Waals surface area (Å²) in [7, 11) is -3.54. The van der Waals surface area contributed by atoms with Crippen LogP contribution in [-0.2, 0) is 16.6 Å². The topological polar surface area (TPSA) is 115 Å². The number of sulfonamides is 1. The zero-order valence-electron chi connectivity index (χ0n) is 10.7. The molecule has 0 spiro atoms. The van der Waals surface area contributed by atoms with E-state index >= 15 is 0 Å². The SMILES string of the molecule is NNc1cc(S(=O)(=O)NCCCn2ccnc2)ccn1. The number of hydrazine groups is 1. The summed E-state index contributed by atoms with van der Waals surface area (Å²) in [5, 5.41) is 0. The van der Waals surface area contributed by atoms with E-state index in [4.69, 9.17) is 5.84 Å². The van der Waals surface area contributed by atoms with Crippen LogP contribution in [0.2, 0.25) is 0 Å². The summed E-state index contributed by atoms with van der Waals surface area (Å²) in [6.45, 7) is 1.04. The average molecular weight is 296 g/mol. The number of aromatic nitrogens is 3. The van der Waals surface area contributed by atoms with Crippen LogP contribution in [0, 0.1) is 0 Å². The Balaban J connectivity index is 1.90. The van der Waals surface area contributed by atoms with Gasteiger partial charge in [-0.2, -0.15) is 0 Å². The highest BCUT2D eigenvalue weighted by atomic mass is 32.2. The lowest BCUT2D eigenvalue weighted by Crippen LogP contribution is -2.25. The normalized spacial score (nSPS) is 11.4. The van der Waals surface area contributed by atoms with Gasteiger partial charge in [0.25, 0.3) is 0 Å². The van der Waals surface area contributed by atoms with Crippen molar-refractivity contribution in [3.63, 3.8) is 0 Å². The first-order chi connectivity index (χ1) is 9.62. The molecule has 9 heteroatoms. The molecule has 0 saturated carbocycles. The number of nitrogens with two attached hydrogens (primary N) is 1. The minimum Gasteiger partial charge on any atom is -0.337 e. The van der Waals surface area contributed by atoms with Crippen molar-refractivity contribution >= 4 is 15.8 Å². The van der Waals surface area contributed by atoms with Crippen LogP contribution in [0.4, 0.5) is 5.82 Å². The maximum Gasteiger partial charge on any atom is 0.240 e. The van der Waals surface area contributed by atoms with Gasteiger partial charge in [-0.1, -0.05) is 0 Å². The third-order valence-electron chi connectivity index (χ3n) is 2.63. The molecule has 0 aromatic carbocycles. The van der Waals surface area contributed by atoms with Crippen molar-refractivity contribution in [3.8, 4) is 0 Å². The van der Waals surface area contributed by atoms with Crippen molar-refractivity contribution in [1.29, 1.82) is 0 Å². The van der Waals surface area contributed by atoms with E-state index in [1.807, 2.05) is 10.8 Å². The van der Waals surface area contributed by atoms with Crippen LogP contribution < -0.4 is 16.0 Å². The smallest absolute Gasteiger partial charge is 0.240 e. The van der Waals surface area contributed by atoms with E-state index in [2.05, 4.69) is 20.1 Å². The van der Waals surface area contributed by atoms with Gasteiger partial charge in [0.1, 0.15) is 5.82 Å². The van der Waals surface area contributed by atoms with E-state index < -0.39 is 10.0 Å². The van der Waals surface area contributed by atoms with Crippen LogP contribution in [0.1, 0.15) is 6.42 Å². The van der Waals surface area contributed by atoms with Gasteiger partial charge in [-0.15, -0.1) is 0 Å². The van der Waals surface area contributed by atoms with Gasteiger partial charge in [0.2, 0.25) is 10.0 Å². The van der Waals surface area contributed by atoms with Crippen LogP contribution in [-0.4, -0.2) is 29.5 Å². The van der Waals surface area contributed by atoms with Crippen molar-refractivity contribution in [1.82, 2.24) is 19.3 Å². The number of imidazole rings is 1. The Kier molecular flexibility index (Phi) is 4.66. The second-order valence-electron chi connectivity index (χ2n) is 4.07. The van der Waals surface area contributed by atoms with Gasteiger partial charge in [-0.25, -0.2) is 29.0 Å². The molecule has 8 nitrogen and oxygen atoms in total. The lowest BCUT2D eigenvalue weighted by atomic mass is 10.4. The maximum atomic E-state index is 12.0. The van der Waals surface area contributed by atoms with Crippen molar-refractivity contribution in [2.45, 2.75) is 17.9 Å². The van der Waals surface area contributed by atoms with Gasteiger partial charge in [-0.3, -0.25) is 0 Å². The molecule has 0 saturated heterocycles. The molecule has 20 heavy (non-hydrogen) atoms. The molecule has 0 radical (unpaired) electrons. The van der Waals surface area contributed by atoms with Crippen molar-refractivity contribution in [3.05, 3.63) is 37.1 Å². The van der Waals surface area contributed by atoms with Crippen molar-refractivity contribution < 1.29 is 8.42 Å². The first kappa shape index (κ1) is 14.4. The molecule has 0 aliphatic heterocycles. The largest absolute Gasteiger partial charge is 0.337 e. The fourth-order valence-corrected chi connectivity index (χ4v) is 2.71. The fourth-order valence-electron chi connectivity index (χ4n) is 1.63. The molecule has 0 aliphatic rings. The predicted molar refractivity (Wildman–Crippen MR) is 74.1 cm³/mol. The molecular formula is C11H16N6O2S. The second kappa shape index (κ2) is 6.46. The van der Waals surface area contributed by atoms with E-state index in [-0.39, 0.29) is 4.90 Å². The monoisotopic (exact) mass is 296 g/mol. The summed E-state index contributed by atoms with van der Waals surface area (Å²) in [6.07, 6.45) is 7.26. The summed E-state index contributed by atoms with van der Waals surface area (Å²) in [4.78, 5) is 7.91. The summed E-state index contributed by atoms with van der Waals surface area (Å²) >= 11 is 0. The van der Waals surface area contributed by atoms with Crippen LogP contribution in [0.5, 0.6) is 0 Å². The van der Waals surface area contributed by atoms with Crippen LogP contribution >= 0.6 is 0 Å². The maximum absolute atomic E-state index is 12.0. The highest BCUT2D eigenvalue weighted by molar-refractivity contribution is 7.89. The number of hydrogen-bond acceptors (Lipinski definition) is 6. The lowest BCUT2D eigenvalue weighted by molar-refractivity contribution is 0.569. The predicted octanol–water partition coefficient (Wildman–Crippen LogP) is -0.0677. The zero-order valence-corrected chi connectivity index (χ0v) is 11.5. The minimum absolute atomic E-state index is 0.128. The van der Waals surface area contributed by atoms with E-state index in [1.165, 1.54) is 18.3 Å². The Morgan fingerprint density at radius 2 is 2.20 bits per heavy atom. The quantitative estimate of drug-likeness (QED) is 0.374. The fraction of sp³-hybridized carbons (Fsp3) is 0.273. The molecule has 2 aromatic rings. The Hall–Kier alpha value is -1.97. The Morgan fingerprint density at radius 1 is 1.35 bits per heavy atom. The summed E-state index contributed by atoms with van der Waals surface area (Å²) < 4.78 is 28.5. The lowest BCUT2D eigenvalue weighted by Gasteiger charge is -2.08. The highest BCUT2D eigenvalue weighted by Gasteiger charge is 2.13. The number of pyridine rings is 1. The summed E-state index contributed by atoms with van der Waals surface area (Å²) in [5.41, 5.74) is 2.31. The Morgan fingerprint density at radius 3 is 2.90 bits per heavy atom. The average Bonchev–Trinajstić information content (AvgIpc) is 2.97. The molecule has 2 heterocycles.